The molecule has 0 bridgehead atoms. The van der Waals surface area contributed by atoms with E-state index in [0.29, 0.717) is 29.6 Å². The number of rotatable bonds is 5. The molecule has 0 aliphatic rings. The molecule has 6 nitrogen and oxygen atoms in total. The fourth-order valence-electron chi connectivity index (χ4n) is 3.39. The molecule has 0 aliphatic carbocycles. The molecule has 0 amide bonds. The average Bonchev–Trinajstić information content (AvgIpc) is 3.27. The third-order valence-electron chi connectivity index (χ3n) is 4.98. The number of aromatic nitrogens is 4. The topological polar surface area (TPSA) is 72.7 Å². The number of hydrogen-bond acceptors (Lipinski definition) is 5. The molecule has 1 N–H and O–H groups in total. The van der Waals surface area contributed by atoms with Crippen molar-refractivity contribution >= 4 is 22.6 Å². The van der Waals surface area contributed by atoms with Crippen molar-refractivity contribution in [3.63, 3.8) is 0 Å². The summed E-state index contributed by atoms with van der Waals surface area (Å²) in [5.74, 6) is 0.518. The maximum Gasteiger partial charge on any atom is 0.281 e. The first-order valence-electron chi connectivity index (χ1n) is 9.98. The van der Waals surface area contributed by atoms with Crippen LogP contribution in [0, 0.1) is 0 Å². The molecule has 0 unspecified atom stereocenters. The van der Waals surface area contributed by atoms with Crippen molar-refractivity contribution in [2.45, 2.75) is 6.54 Å². The SMILES string of the molecule is O=C(c1ccc2ccccc2c1)n1nc(-c2ccccn2)nc1NCc1ccccc1. The smallest absolute Gasteiger partial charge is 0.281 e. The van der Waals surface area contributed by atoms with Crippen LogP contribution in [0.3, 0.4) is 0 Å². The van der Waals surface area contributed by atoms with Gasteiger partial charge in [0.05, 0.1) is 0 Å². The second kappa shape index (κ2) is 8.20. The van der Waals surface area contributed by atoms with Gasteiger partial charge in [-0.05, 0) is 40.6 Å². The van der Waals surface area contributed by atoms with Crippen LogP contribution in [0.15, 0.2) is 97.2 Å². The Morgan fingerprint density at radius 1 is 0.839 bits per heavy atom. The third kappa shape index (κ3) is 3.91. The van der Waals surface area contributed by atoms with Crippen molar-refractivity contribution in [3.8, 4) is 11.5 Å². The third-order valence-corrected chi connectivity index (χ3v) is 4.98. The first kappa shape index (κ1) is 18.7. The van der Waals surface area contributed by atoms with Gasteiger partial charge in [-0.25, -0.2) is 0 Å². The van der Waals surface area contributed by atoms with Crippen molar-refractivity contribution < 1.29 is 4.79 Å². The Morgan fingerprint density at radius 3 is 2.42 bits per heavy atom. The van der Waals surface area contributed by atoms with Gasteiger partial charge in [-0.1, -0.05) is 66.7 Å². The van der Waals surface area contributed by atoms with E-state index in [-0.39, 0.29) is 5.91 Å². The highest BCUT2D eigenvalue weighted by atomic mass is 16.2. The molecule has 0 spiro atoms. The van der Waals surface area contributed by atoms with Gasteiger partial charge in [-0.3, -0.25) is 9.78 Å². The Balaban J connectivity index is 1.53. The zero-order valence-corrected chi connectivity index (χ0v) is 16.6. The Labute approximate surface area is 179 Å². The predicted molar refractivity (Wildman–Crippen MR) is 121 cm³/mol. The molecule has 0 atom stereocenters. The highest BCUT2D eigenvalue weighted by molar-refractivity contribution is 6.00. The van der Waals surface area contributed by atoms with E-state index in [4.69, 9.17) is 0 Å². The van der Waals surface area contributed by atoms with E-state index in [1.165, 1.54) is 4.68 Å². The monoisotopic (exact) mass is 405 g/mol. The molecule has 3 aromatic carbocycles. The van der Waals surface area contributed by atoms with Crippen LogP contribution >= 0.6 is 0 Å². The molecule has 0 fully saturated rings. The van der Waals surface area contributed by atoms with E-state index < -0.39 is 0 Å². The van der Waals surface area contributed by atoms with Gasteiger partial charge < -0.3 is 5.32 Å². The quantitative estimate of drug-likeness (QED) is 0.455. The maximum absolute atomic E-state index is 13.4. The van der Waals surface area contributed by atoms with Crippen molar-refractivity contribution in [3.05, 3.63) is 108 Å². The van der Waals surface area contributed by atoms with Gasteiger partial charge >= 0.3 is 0 Å². The van der Waals surface area contributed by atoms with E-state index in [1.807, 2.05) is 91.0 Å². The van der Waals surface area contributed by atoms with Crippen molar-refractivity contribution in [1.29, 1.82) is 0 Å². The van der Waals surface area contributed by atoms with E-state index in [1.54, 1.807) is 6.20 Å². The number of anilines is 1. The fourth-order valence-corrected chi connectivity index (χ4v) is 3.39. The lowest BCUT2D eigenvalue weighted by Crippen LogP contribution is -2.17. The maximum atomic E-state index is 13.4. The van der Waals surface area contributed by atoms with Crippen LogP contribution in [0.5, 0.6) is 0 Å². The van der Waals surface area contributed by atoms with Crippen molar-refractivity contribution in [1.82, 2.24) is 19.7 Å². The van der Waals surface area contributed by atoms with Gasteiger partial charge in [0.2, 0.25) is 11.8 Å². The molecule has 5 aromatic rings. The molecule has 0 saturated heterocycles. The first-order valence-corrected chi connectivity index (χ1v) is 9.98. The van der Waals surface area contributed by atoms with Gasteiger partial charge in [0.15, 0.2) is 0 Å². The molecule has 2 aromatic heterocycles. The molecule has 6 heteroatoms. The molecule has 0 radical (unpaired) electrons. The summed E-state index contributed by atoms with van der Waals surface area (Å²) >= 11 is 0. The summed E-state index contributed by atoms with van der Waals surface area (Å²) < 4.78 is 1.32. The van der Waals surface area contributed by atoms with Gasteiger partial charge in [-0.2, -0.15) is 9.67 Å². The van der Waals surface area contributed by atoms with Crippen molar-refractivity contribution in [2.75, 3.05) is 5.32 Å². The number of fused-ring (bicyclic) bond motifs is 1. The van der Waals surface area contributed by atoms with Crippen LogP contribution in [0.2, 0.25) is 0 Å². The summed E-state index contributed by atoms with van der Waals surface area (Å²) in [5.41, 5.74) is 2.23. The molecule has 31 heavy (non-hydrogen) atoms. The highest BCUT2D eigenvalue weighted by Crippen LogP contribution is 2.20. The first-order chi connectivity index (χ1) is 15.3. The lowest BCUT2D eigenvalue weighted by molar-refractivity contribution is 0.0947. The summed E-state index contributed by atoms with van der Waals surface area (Å²) in [4.78, 5) is 22.2. The predicted octanol–water partition coefficient (Wildman–Crippen LogP) is 4.79. The standard InChI is InChI=1S/C25H19N5O/c31-24(21-14-13-19-10-4-5-11-20(19)16-21)30-25(27-17-18-8-2-1-3-9-18)28-23(29-30)22-12-6-7-15-26-22/h1-16H,17H2,(H,27,28,29). The van der Waals surface area contributed by atoms with Gasteiger partial charge in [-0.15, -0.1) is 5.10 Å². The van der Waals surface area contributed by atoms with E-state index in [9.17, 15) is 4.79 Å². The normalized spacial score (nSPS) is 10.8. The minimum atomic E-state index is -0.254. The Hall–Kier alpha value is -4.32. The number of pyridine rings is 1. The summed E-state index contributed by atoms with van der Waals surface area (Å²) in [6.07, 6.45) is 1.68. The minimum Gasteiger partial charge on any atom is -0.350 e. The van der Waals surface area contributed by atoms with Crippen LogP contribution in [0.1, 0.15) is 15.9 Å². The molecule has 5 rings (SSSR count). The largest absolute Gasteiger partial charge is 0.350 e. The number of nitrogens with one attached hydrogen (secondary N) is 1. The summed E-state index contributed by atoms with van der Waals surface area (Å²) in [5, 5.41) is 9.80. The number of nitrogens with zero attached hydrogens (tertiary/aromatic N) is 4. The summed E-state index contributed by atoms with van der Waals surface area (Å²) in [6, 6.07) is 29.0. The molecule has 0 saturated carbocycles. The van der Waals surface area contributed by atoms with Crippen molar-refractivity contribution in [2.24, 2.45) is 0 Å². The van der Waals surface area contributed by atoms with Gasteiger partial charge in [0.1, 0.15) is 5.69 Å². The van der Waals surface area contributed by atoms with Crippen LogP contribution in [0.4, 0.5) is 5.95 Å². The second-order valence-corrected chi connectivity index (χ2v) is 7.09. The van der Waals surface area contributed by atoms with E-state index in [2.05, 4.69) is 20.4 Å². The number of benzene rings is 3. The lowest BCUT2D eigenvalue weighted by atomic mass is 10.1. The molecule has 2 heterocycles. The van der Waals surface area contributed by atoms with Gasteiger partial charge in [0, 0.05) is 18.3 Å². The van der Waals surface area contributed by atoms with E-state index in [0.717, 1.165) is 16.3 Å². The zero-order valence-electron chi connectivity index (χ0n) is 16.6. The second-order valence-electron chi connectivity index (χ2n) is 7.09. The van der Waals surface area contributed by atoms with Crippen LogP contribution < -0.4 is 5.32 Å². The summed E-state index contributed by atoms with van der Waals surface area (Å²) in [7, 11) is 0. The van der Waals surface area contributed by atoms with E-state index >= 15 is 0 Å². The molecular formula is C25H19N5O. The number of carbonyl (C=O) groups is 1. The van der Waals surface area contributed by atoms with Gasteiger partial charge in [0.25, 0.3) is 5.91 Å². The Morgan fingerprint density at radius 2 is 1.61 bits per heavy atom. The molecule has 150 valence electrons. The Bertz CT molecular complexity index is 1350. The lowest BCUT2D eigenvalue weighted by Gasteiger charge is -2.08. The molecule has 0 aliphatic heterocycles. The van der Waals surface area contributed by atoms with Crippen LogP contribution in [-0.4, -0.2) is 25.7 Å². The number of hydrogen-bond donors (Lipinski definition) is 1. The summed E-state index contributed by atoms with van der Waals surface area (Å²) in [6.45, 7) is 0.520. The highest BCUT2D eigenvalue weighted by Gasteiger charge is 2.19. The Kier molecular flexibility index (Phi) is 4.94. The minimum absolute atomic E-state index is 0.254. The number of carbonyl (C=O) groups excluding carboxylic acids is 1. The molecular weight excluding hydrogens is 386 g/mol. The zero-order chi connectivity index (χ0) is 21.0. The average molecular weight is 405 g/mol. The van der Waals surface area contributed by atoms with Crippen LogP contribution in [-0.2, 0) is 6.54 Å². The van der Waals surface area contributed by atoms with Crippen LogP contribution in [0.25, 0.3) is 22.3 Å². The fraction of sp³-hybridized carbons (Fsp3) is 0.0400.